The van der Waals surface area contributed by atoms with Crippen LogP contribution in [0.15, 0.2) is 104 Å². The summed E-state index contributed by atoms with van der Waals surface area (Å²) in [5.74, 6) is -2.61. The Kier molecular flexibility index (Phi) is 9.95. The smallest absolute Gasteiger partial charge is 0.253 e. The van der Waals surface area contributed by atoms with Gasteiger partial charge in [-0.25, -0.2) is 0 Å². The van der Waals surface area contributed by atoms with E-state index >= 15 is 9.59 Å². The summed E-state index contributed by atoms with van der Waals surface area (Å²) < 4.78 is 12.7. The molecule has 2 bridgehead atoms. The van der Waals surface area contributed by atoms with Crippen molar-refractivity contribution in [2.45, 2.75) is 50.5 Å². The highest BCUT2D eigenvalue weighted by atomic mass is 35.5. The molecule has 3 aromatic rings. The van der Waals surface area contributed by atoms with E-state index in [-0.39, 0.29) is 24.9 Å². The summed E-state index contributed by atoms with van der Waals surface area (Å²) >= 11 is 6.66. The fourth-order valence-electron chi connectivity index (χ4n) is 8.46. The number of carbonyl (C=O) groups is 3. The highest BCUT2D eigenvalue weighted by Gasteiger charge is 2.80. The average Bonchev–Trinajstić information content (AvgIpc) is 3.63. The molecule has 1 spiro atoms. The molecule has 0 radical (unpaired) electrons. The van der Waals surface area contributed by atoms with Gasteiger partial charge in [0.05, 0.1) is 47.4 Å². The Morgan fingerprint density at radius 1 is 1.02 bits per heavy atom. The number of amides is 3. The number of ether oxygens (including phenoxy) is 2. The van der Waals surface area contributed by atoms with Crippen LogP contribution in [0.5, 0.6) is 5.75 Å². The lowest BCUT2D eigenvalue weighted by Gasteiger charge is -2.39. The second-order valence-electron chi connectivity index (χ2n) is 13.4. The molecule has 3 heterocycles. The average molecular weight is 698 g/mol. The monoisotopic (exact) mass is 697 g/mol. The summed E-state index contributed by atoms with van der Waals surface area (Å²) in [7, 11) is 0. The number of hydrogen-bond donors (Lipinski definition) is 1. The van der Waals surface area contributed by atoms with Gasteiger partial charge in [0.15, 0.2) is 0 Å². The van der Waals surface area contributed by atoms with Gasteiger partial charge in [0, 0.05) is 18.8 Å². The third-order valence-corrected chi connectivity index (χ3v) is 11.0. The van der Waals surface area contributed by atoms with Crippen molar-refractivity contribution >= 4 is 40.7 Å². The van der Waals surface area contributed by atoms with Crippen molar-refractivity contribution in [2.24, 2.45) is 17.8 Å². The summed E-state index contributed by atoms with van der Waals surface area (Å²) in [5.41, 5.74) is -0.704. The van der Waals surface area contributed by atoms with E-state index in [4.69, 9.17) is 21.1 Å². The molecule has 262 valence electrons. The van der Waals surface area contributed by atoms with Gasteiger partial charge in [-0.1, -0.05) is 73.1 Å². The molecule has 6 rings (SSSR count). The second kappa shape index (κ2) is 14.1. The van der Waals surface area contributed by atoms with Gasteiger partial charge < -0.3 is 29.3 Å². The minimum absolute atomic E-state index is 0.108. The largest absolute Gasteiger partial charge is 0.494 e. The minimum atomic E-state index is -1.37. The zero-order chi connectivity index (χ0) is 35.8. The van der Waals surface area contributed by atoms with Crippen LogP contribution in [0.2, 0.25) is 5.02 Å². The minimum Gasteiger partial charge on any atom is -0.494 e. The number of rotatable bonds is 13. The van der Waals surface area contributed by atoms with E-state index in [1.165, 1.54) is 9.80 Å². The molecule has 3 saturated heterocycles. The van der Waals surface area contributed by atoms with E-state index in [2.05, 4.69) is 13.2 Å². The molecule has 0 aromatic heterocycles. The van der Waals surface area contributed by atoms with E-state index in [9.17, 15) is 9.90 Å². The maximum atomic E-state index is 15.2. The summed E-state index contributed by atoms with van der Waals surface area (Å²) in [6.07, 6.45) is 3.61. The van der Waals surface area contributed by atoms with E-state index in [0.717, 1.165) is 0 Å². The molecule has 1 N–H and O–H groups in total. The van der Waals surface area contributed by atoms with Crippen LogP contribution >= 0.6 is 11.6 Å². The Balaban J connectivity index is 1.51. The number of aliphatic hydroxyl groups is 1. The van der Waals surface area contributed by atoms with E-state index in [1.807, 2.05) is 63.2 Å². The van der Waals surface area contributed by atoms with Crippen LogP contribution in [0.4, 0.5) is 11.4 Å². The van der Waals surface area contributed by atoms with Crippen LogP contribution in [-0.4, -0.2) is 71.3 Å². The number of benzene rings is 3. The first-order valence-corrected chi connectivity index (χ1v) is 17.5. The van der Waals surface area contributed by atoms with Gasteiger partial charge in [-0.15, -0.1) is 13.2 Å². The highest BCUT2D eigenvalue weighted by molar-refractivity contribution is 6.34. The van der Waals surface area contributed by atoms with Crippen LogP contribution in [0.25, 0.3) is 0 Å². The standard InChI is InChI=1S/C40H44ClN3O6/c1-6-22-42(28-18-20-29(21-19-28)49-8-3)36(46)33-34-37(47)44(32(25-45)27-14-10-9-11-15-27)35(40(34)24-26(4)39(33,5)50-40)38(48)43(23-7-2)31-17-13-12-16-30(31)41/h6-7,9-21,26,32-35,45H,1-2,8,22-25H2,3-5H3/t26?,32-,33-,34+,35?,39+,40?/m1/s1. The molecule has 3 fully saturated rings. The molecule has 3 aliphatic heterocycles. The normalized spacial score (nSPS) is 27.1. The molecule has 7 atom stereocenters. The topological polar surface area (TPSA) is 99.6 Å². The van der Waals surface area contributed by atoms with Crippen molar-refractivity contribution in [2.75, 3.05) is 36.1 Å². The van der Waals surface area contributed by atoms with Gasteiger partial charge >= 0.3 is 0 Å². The van der Waals surface area contributed by atoms with E-state index in [1.54, 1.807) is 53.5 Å². The van der Waals surface area contributed by atoms with Crippen LogP contribution in [0.3, 0.4) is 0 Å². The van der Waals surface area contributed by atoms with Crippen molar-refractivity contribution < 1.29 is 29.0 Å². The maximum Gasteiger partial charge on any atom is 0.253 e. The summed E-state index contributed by atoms with van der Waals surface area (Å²) in [6.45, 7) is 13.9. The number of carbonyl (C=O) groups excluding carboxylic acids is 3. The molecule has 3 unspecified atom stereocenters. The number of aliphatic hydroxyl groups excluding tert-OH is 1. The van der Waals surface area contributed by atoms with E-state index in [0.29, 0.717) is 40.7 Å². The van der Waals surface area contributed by atoms with Crippen molar-refractivity contribution in [3.05, 3.63) is 115 Å². The predicted octanol–water partition coefficient (Wildman–Crippen LogP) is 6.22. The number of hydrogen-bond acceptors (Lipinski definition) is 6. The third kappa shape index (κ3) is 5.61. The first kappa shape index (κ1) is 35.4. The Morgan fingerprint density at radius 3 is 2.28 bits per heavy atom. The van der Waals surface area contributed by atoms with E-state index < -0.39 is 53.5 Å². The molecule has 3 aliphatic rings. The zero-order valence-electron chi connectivity index (χ0n) is 28.7. The SMILES string of the molecule is C=CCN(C(=O)[C@H]1[C@H]2C(=O)N([C@H](CO)c3ccccc3)C(C(=O)N(CC=C)c3ccccc3Cl)C23CC(C)[C@]1(C)O3)c1ccc(OCC)cc1. The second-order valence-corrected chi connectivity index (χ2v) is 13.8. The first-order chi connectivity index (χ1) is 24.1. The highest BCUT2D eigenvalue weighted by Crippen LogP contribution is 2.66. The first-order valence-electron chi connectivity index (χ1n) is 17.1. The van der Waals surface area contributed by atoms with Crippen LogP contribution in [-0.2, 0) is 19.1 Å². The Hall–Kier alpha value is -4.44. The molecule has 3 amide bonds. The molecular weight excluding hydrogens is 654 g/mol. The third-order valence-electron chi connectivity index (χ3n) is 10.7. The molecule has 0 aliphatic carbocycles. The van der Waals surface area contributed by atoms with Gasteiger partial charge in [0.25, 0.3) is 5.91 Å². The predicted molar refractivity (Wildman–Crippen MR) is 194 cm³/mol. The van der Waals surface area contributed by atoms with Gasteiger partial charge in [0.2, 0.25) is 11.8 Å². The van der Waals surface area contributed by atoms with Gasteiger partial charge in [-0.05, 0) is 68.1 Å². The lowest BCUT2D eigenvalue weighted by Crippen LogP contribution is -2.57. The van der Waals surface area contributed by atoms with Crippen molar-refractivity contribution in [1.29, 1.82) is 0 Å². The van der Waals surface area contributed by atoms with Gasteiger partial charge in [-0.3, -0.25) is 14.4 Å². The van der Waals surface area contributed by atoms with Crippen LogP contribution < -0.4 is 14.5 Å². The lowest BCUT2D eigenvalue weighted by atomic mass is 9.62. The van der Waals surface area contributed by atoms with Gasteiger partial charge in [0.1, 0.15) is 17.4 Å². The molecule has 9 nitrogen and oxygen atoms in total. The van der Waals surface area contributed by atoms with Crippen LogP contribution in [0.1, 0.15) is 38.8 Å². The molecular formula is C40H44ClN3O6. The van der Waals surface area contributed by atoms with Gasteiger partial charge in [-0.2, -0.15) is 0 Å². The van der Waals surface area contributed by atoms with Crippen molar-refractivity contribution in [1.82, 2.24) is 4.90 Å². The summed E-state index contributed by atoms with van der Waals surface area (Å²) in [6, 6.07) is 21.3. The van der Waals surface area contributed by atoms with Crippen LogP contribution in [0, 0.1) is 17.8 Å². The number of halogens is 1. The number of nitrogens with zero attached hydrogens (tertiary/aromatic N) is 3. The lowest BCUT2D eigenvalue weighted by molar-refractivity contribution is -0.149. The Morgan fingerprint density at radius 2 is 1.66 bits per heavy atom. The fourth-order valence-corrected chi connectivity index (χ4v) is 8.70. The maximum absolute atomic E-state index is 15.2. The molecule has 10 heteroatoms. The number of likely N-dealkylation sites (tertiary alicyclic amines) is 1. The van der Waals surface area contributed by atoms with Crippen molar-refractivity contribution in [3.63, 3.8) is 0 Å². The Labute approximate surface area is 298 Å². The van der Waals surface area contributed by atoms with Crippen molar-refractivity contribution in [3.8, 4) is 5.75 Å². The fraction of sp³-hybridized carbons (Fsp3) is 0.375. The Bertz CT molecular complexity index is 1770. The summed E-state index contributed by atoms with van der Waals surface area (Å²) in [5, 5.41) is 11.3. The molecule has 3 aromatic carbocycles. The number of fused-ring (bicyclic) bond motifs is 1. The molecule has 0 saturated carbocycles. The molecule has 50 heavy (non-hydrogen) atoms. The number of anilines is 2. The summed E-state index contributed by atoms with van der Waals surface area (Å²) in [4.78, 5) is 49.9. The zero-order valence-corrected chi connectivity index (χ0v) is 29.5. The number of para-hydroxylation sites is 1. The quantitative estimate of drug-likeness (QED) is 0.213.